The molecule has 0 radical (unpaired) electrons. The van der Waals surface area contributed by atoms with Gasteiger partial charge < -0.3 is 30.3 Å². The minimum absolute atomic E-state index is 0.100. The van der Waals surface area contributed by atoms with Gasteiger partial charge in [0.05, 0.1) is 12.6 Å². The van der Waals surface area contributed by atoms with Crippen LogP contribution in [-0.4, -0.2) is 77.1 Å². The summed E-state index contributed by atoms with van der Waals surface area (Å²) in [7, 11) is 1.41. The van der Waals surface area contributed by atoms with Gasteiger partial charge >= 0.3 is 0 Å². The summed E-state index contributed by atoms with van der Waals surface area (Å²) in [4.78, 5) is 28.1. The zero-order valence-corrected chi connectivity index (χ0v) is 21.0. The van der Waals surface area contributed by atoms with Crippen LogP contribution in [-0.2, 0) is 11.2 Å². The number of phenolic OH excluding ortho intramolecular Hbond substituents is 1. The van der Waals surface area contributed by atoms with E-state index >= 15 is 0 Å². The van der Waals surface area contributed by atoms with Crippen LogP contribution < -0.4 is 5.32 Å². The van der Waals surface area contributed by atoms with Crippen molar-refractivity contribution in [2.45, 2.75) is 58.3 Å². The third kappa shape index (κ3) is 8.35. The minimum Gasteiger partial charge on any atom is -0.508 e. The number of carbonyl (C=O) groups is 2. The molecule has 0 spiro atoms. The molecule has 0 heterocycles. The van der Waals surface area contributed by atoms with Crippen molar-refractivity contribution in [3.8, 4) is 5.75 Å². The molecule has 0 aliphatic rings. The van der Waals surface area contributed by atoms with Crippen molar-refractivity contribution in [3.63, 3.8) is 0 Å². The van der Waals surface area contributed by atoms with E-state index < -0.39 is 24.2 Å². The smallest absolute Gasteiger partial charge is 0.253 e. The van der Waals surface area contributed by atoms with Crippen LogP contribution in [0.4, 0.5) is 0 Å². The Hall–Kier alpha value is -2.94. The maximum atomic E-state index is 13.2. The molecule has 0 aliphatic heterocycles. The molecule has 0 aromatic heterocycles. The van der Waals surface area contributed by atoms with Crippen LogP contribution in [0, 0.1) is 6.92 Å². The monoisotopic (exact) mass is 486 g/mol. The predicted molar refractivity (Wildman–Crippen MR) is 135 cm³/mol. The van der Waals surface area contributed by atoms with Crippen molar-refractivity contribution in [3.05, 3.63) is 64.7 Å². The molecular formula is C27H38N2O6. The van der Waals surface area contributed by atoms with Crippen LogP contribution in [0.15, 0.2) is 42.5 Å². The van der Waals surface area contributed by atoms with E-state index in [4.69, 9.17) is 4.74 Å². The summed E-state index contributed by atoms with van der Waals surface area (Å²) in [5, 5.41) is 33.4. The summed E-state index contributed by atoms with van der Waals surface area (Å²) in [5.41, 5.74) is 2.26. The Kier molecular flexibility index (Phi) is 11.2. The molecule has 2 amide bonds. The molecule has 3 atom stereocenters. The van der Waals surface area contributed by atoms with Crippen LogP contribution in [0.5, 0.6) is 5.75 Å². The van der Waals surface area contributed by atoms with Gasteiger partial charge in [-0.25, -0.2) is 0 Å². The quantitative estimate of drug-likeness (QED) is 0.346. The van der Waals surface area contributed by atoms with Crippen molar-refractivity contribution in [2.24, 2.45) is 0 Å². The highest BCUT2D eigenvalue weighted by atomic mass is 16.5. The Bertz CT molecular complexity index is 957. The molecule has 8 nitrogen and oxygen atoms in total. The van der Waals surface area contributed by atoms with Crippen molar-refractivity contribution in [1.29, 1.82) is 0 Å². The van der Waals surface area contributed by atoms with Crippen LogP contribution >= 0.6 is 0 Å². The number of aryl methyl sites for hydroxylation is 1. The summed E-state index contributed by atoms with van der Waals surface area (Å²) in [6, 6.07) is 10.6. The van der Waals surface area contributed by atoms with Gasteiger partial charge in [-0.15, -0.1) is 0 Å². The highest BCUT2D eigenvalue weighted by molar-refractivity contribution is 6.00. The first-order valence-electron chi connectivity index (χ1n) is 12.0. The Morgan fingerprint density at radius 2 is 1.60 bits per heavy atom. The molecule has 0 aliphatic carbocycles. The second-order valence-electron chi connectivity index (χ2n) is 8.84. The lowest BCUT2D eigenvalue weighted by Crippen LogP contribution is -2.51. The van der Waals surface area contributed by atoms with Crippen molar-refractivity contribution in [2.75, 3.05) is 26.8 Å². The van der Waals surface area contributed by atoms with E-state index in [9.17, 15) is 24.9 Å². The number of phenols is 1. The van der Waals surface area contributed by atoms with Gasteiger partial charge in [-0.1, -0.05) is 26.0 Å². The maximum absolute atomic E-state index is 13.2. The summed E-state index contributed by atoms with van der Waals surface area (Å²) < 4.78 is 4.95. The van der Waals surface area contributed by atoms with Crippen molar-refractivity contribution in [1.82, 2.24) is 10.2 Å². The number of amides is 2. The number of nitrogens with zero attached hydrogens (tertiary/aromatic N) is 1. The molecule has 0 saturated carbocycles. The minimum atomic E-state index is -1.30. The van der Waals surface area contributed by atoms with Crippen molar-refractivity contribution < 1.29 is 29.6 Å². The normalized spacial score (nSPS) is 13.7. The number of aliphatic hydroxyl groups is 2. The molecular weight excluding hydrogens is 448 g/mol. The number of rotatable bonds is 13. The predicted octanol–water partition coefficient (Wildman–Crippen LogP) is 2.67. The molecule has 0 saturated heterocycles. The molecule has 4 N–H and O–H groups in total. The lowest BCUT2D eigenvalue weighted by Gasteiger charge is -2.28. The number of carbonyl (C=O) groups excluding carboxylic acids is 2. The average molecular weight is 487 g/mol. The molecule has 3 unspecified atom stereocenters. The number of nitrogens with one attached hydrogen (secondary N) is 1. The van der Waals surface area contributed by atoms with Crippen LogP contribution in [0.1, 0.15) is 58.5 Å². The zero-order valence-electron chi connectivity index (χ0n) is 21.0. The Morgan fingerprint density at radius 1 is 1.00 bits per heavy atom. The van der Waals surface area contributed by atoms with Gasteiger partial charge in [0.2, 0.25) is 0 Å². The molecule has 192 valence electrons. The first-order chi connectivity index (χ1) is 16.7. The van der Waals surface area contributed by atoms with E-state index in [2.05, 4.69) is 5.32 Å². The number of ether oxygens (including phenoxy) is 1. The first-order valence-corrected chi connectivity index (χ1v) is 12.0. The second-order valence-corrected chi connectivity index (χ2v) is 8.84. The summed E-state index contributed by atoms with van der Waals surface area (Å²) in [6.45, 7) is 7.03. The summed E-state index contributed by atoms with van der Waals surface area (Å²) in [5.74, 6) is -0.484. The van der Waals surface area contributed by atoms with Gasteiger partial charge in [0.1, 0.15) is 18.0 Å². The van der Waals surface area contributed by atoms with Crippen LogP contribution in [0.3, 0.4) is 0 Å². The lowest BCUT2D eigenvalue weighted by molar-refractivity contribution is -0.0407. The molecule has 0 fully saturated rings. The number of aromatic hydroxyl groups is 1. The van der Waals surface area contributed by atoms with E-state index in [0.29, 0.717) is 24.2 Å². The van der Waals surface area contributed by atoms with E-state index in [0.717, 1.165) is 24.0 Å². The van der Waals surface area contributed by atoms with Crippen LogP contribution in [0.25, 0.3) is 0 Å². The molecule has 2 aromatic carbocycles. The number of benzene rings is 2. The average Bonchev–Trinajstić information content (AvgIpc) is 2.83. The first kappa shape index (κ1) is 28.3. The fraction of sp³-hybridized carbons (Fsp3) is 0.481. The SMILES string of the molecule is CCCN(CCC)C(=O)c1cc(C)cc(C(=O)NC(Cc2ccc(O)cc2)C(O)C(O)COC)c1. The highest BCUT2D eigenvalue weighted by Crippen LogP contribution is 2.17. The summed E-state index contributed by atoms with van der Waals surface area (Å²) in [6.07, 6.45) is -0.624. The van der Waals surface area contributed by atoms with E-state index in [1.54, 1.807) is 35.2 Å². The van der Waals surface area contributed by atoms with Crippen molar-refractivity contribution >= 4 is 11.8 Å². The van der Waals surface area contributed by atoms with E-state index in [1.807, 2.05) is 20.8 Å². The van der Waals surface area contributed by atoms with Gasteiger partial charge in [-0.2, -0.15) is 0 Å². The third-order valence-electron chi connectivity index (χ3n) is 5.71. The topological polar surface area (TPSA) is 119 Å². The standard InChI is InChI=1S/C27H38N2O6/c1-5-11-29(12-6-2)27(34)21-14-18(3)13-20(16-21)26(33)28-23(25(32)24(31)17-35-4)15-19-7-9-22(30)10-8-19/h7-10,13-14,16,23-25,30-32H,5-6,11-12,15,17H2,1-4H3,(H,28,33). The molecule has 35 heavy (non-hydrogen) atoms. The number of aliphatic hydroxyl groups excluding tert-OH is 2. The van der Waals surface area contributed by atoms with Crippen LogP contribution in [0.2, 0.25) is 0 Å². The molecule has 0 bridgehead atoms. The third-order valence-corrected chi connectivity index (χ3v) is 5.71. The van der Waals surface area contributed by atoms with Gasteiger partial charge in [0.25, 0.3) is 11.8 Å². The fourth-order valence-electron chi connectivity index (χ4n) is 4.01. The molecule has 2 aromatic rings. The number of hydrogen-bond acceptors (Lipinski definition) is 6. The number of hydrogen-bond donors (Lipinski definition) is 4. The molecule has 2 rings (SSSR count). The van der Waals surface area contributed by atoms with Gasteiger partial charge in [-0.3, -0.25) is 9.59 Å². The Labute approximate surface area is 207 Å². The number of methoxy groups -OCH3 is 1. The second kappa shape index (κ2) is 13.8. The Morgan fingerprint density at radius 3 is 2.17 bits per heavy atom. The van der Waals surface area contributed by atoms with E-state index in [-0.39, 0.29) is 24.7 Å². The lowest BCUT2D eigenvalue weighted by atomic mass is 9.97. The van der Waals surface area contributed by atoms with Gasteiger partial charge in [-0.05, 0) is 67.6 Å². The maximum Gasteiger partial charge on any atom is 0.253 e. The largest absolute Gasteiger partial charge is 0.508 e. The summed E-state index contributed by atoms with van der Waals surface area (Å²) >= 11 is 0. The van der Waals surface area contributed by atoms with Gasteiger partial charge in [0, 0.05) is 31.3 Å². The molecule has 8 heteroatoms. The van der Waals surface area contributed by atoms with Gasteiger partial charge in [0.15, 0.2) is 0 Å². The fourth-order valence-corrected chi connectivity index (χ4v) is 4.01. The Balaban J connectivity index is 2.30. The van der Waals surface area contributed by atoms with E-state index in [1.165, 1.54) is 19.2 Å². The zero-order chi connectivity index (χ0) is 26.0. The highest BCUT2D eigenvalue weighted by Gasteiger charge is 2.29.